The molecule has 0 spiro atoms. The molecule has 2 unspecified atom stereocenters. The maximum Gasteiger partial charge on any atom is 0.0406 e. The first-order valence-corrected chi connectivity index (χ1v) is 4.94. The van der Waals surface area contributed by atoms with Crippen LogP contribution in [0.25, 0.3) is 0 Å². The highest BCUT2D eigenvalue weighted by atomic mass is 35.5. The summed E-state index contributed by atoms with van der Waals surface area (Å²) in [6.07, 6.45) is 2.69. The number of hydrogen-bond donors (Lipinski definition) is 0. The molecule has 1 fully saturated rings. The Bertz CT molecular complexity index is 263. The lowest BCUT2D eigenvalue weighted by atomic mass is 10.1. The minimum absolute atomic E-state index is 0.826. The zero-order valence-electron chi connectivity index (χ0n) is 7.26. The van der Waals surface area contributed by atoms with Crippen molar-refractivity contribution in [1.29, 1.82) is 0 Å². The first-order chi connectivity index (χ1) is 5.81. The predicted molar refractivity (Wildman–Crippen MR) is 52.6 cm³/mol. The molecule has 12 heavy (non-hydrogen) atoms. The maximum absolute atomic E-state index is 5.81. The van der Waals surface area contributed by atoms with Gasteiger partial charge in [-0.3, -0.25) is 0 Å². The largest absolute Gasteiger partial charge is 0.0843 e. The number of benzene rings is 1. The predicted octanol–water partition coefficient (Wildman–Crippen LogP) is 3.85. The average Bonchev–Trinajstić information content (AvgIpc) is 2.85. The minimum atomic E-state index is 0.826. The lowest BCUT2D eigenvalue weighted by molar-refractivity contribution is 0.766. The maximum atomic E-state index is 5.81. The summed E-state index contributed by atoms with van der Waals surface area (Å²) in [7, 11) is 0. The second-order valence-corrected chi connectivity index (χ2v) is 4.00. The normalized spacial score (nSPS) is 27.2. The van der Waals surface area contributed by atoms with Gasteiger partial charge in [-0.25, -0.2) is 0 Å². The first-order valence-electron chi connectivity index (χ1n) is 4.56. The van der Waals surface area contributed by atoms with Gasteiger partial charge in [-0.05, 0) is 36.0 Å². The van der Waals surface area contributed by atoms with Gasteiger partial charge in [-0.15, -0.1) is 0 Å². The number of halogens is 1. The van der Waals surface area contributed by atoms with Crippen molar-refractivity contribution < 1.29 is 0 Å². The standard InChI is InChI=1S/C11H13Cl/c1-2-8-7-11(8)9-3-5-10(12)6-4-9/h3-6,8,11H,2,7H2,1H3. The average molecular weight is 181 g/mol. The van der Waals surface area contributed by atoms with Gasteiger partial charge in [0.2, 0.25) is 0 Å². The molecule has 0 saturated heterocycles. The van der Waals surface area contributed by atoms with Crippen LogP contribution >= 0.6 is 11.6 Å². The van der Waals surface area contributed by atoms with E-state index < -0.39 is 0 Å². The molecule has 1 aliphatic carbocycles. The van der Waals surface area contributed by atoms with Gasteiger partial charge in [-0.1, -0.05) is 37.1 Å². The summed E-state index contributed by atoms with van der Waals surface area (Å²) in [5.41, 5.74) is 1.46. The van der Waals surface area contributed by atoms with E-state index in [1.165, 1.54) is 18.4 Å². The van der Waals surface area contributed by atoms with Crippen LogP contribution in [0.4, 0.5) is 0 Å². The SMILES string of the molecule is CCC1CC1c1ccc(Cl)cc1. The second kappa shape index (κ2) is 3.10. The molecule has 0 amide bonds. The summed E-state index contributed by atoms with van der Waals surface area (Å²) in [5.74, 6) is 1.76. The van der Waals surface area contributed by atoms with Crippen molar-refractivity contribution in [3.05, 3.63) is 34.9 Å². The fraction of sp³-hybridized carbons (Fsp3) is 0.455. The van der Waals surface area contributed by atoms with Crippen LogP contribution in [0.2, 0.25) is 5.02 Å². The van der Waals surface area contributed by atoms with E-state index >= 15 is 0 Å². The quantitative estimate of drug-likeness (QED) is 0.649. The molecule has 0 radical (unpaired) electrons. The summed E-state index contributed by atoms with van der Waals surface area (Å²) < 4.78 is 0. The minimum Gasteiger partial charge on any atom is -0.0843 e. The highest BCUT2D eigenvalue weighted by Crippen LogP contribution is 2.49. The topological polar surface area (TPSA) is 0 Å². The van der Waals surface area contributed by atoms with E-state index in [9.17, 15) is 0 Å². The molecular formula is C11H13Cl. The van der Waals surface area contributed by atoms with Crippen LogP contribution in [0.3, 0.4) is 0 Å². The Morgan fingerprint density at radius 1 is 1.33 bits per heavy atom. The Morgan fingerprint density at radius 2 is 2.00 bits per heavy atom. The summed E-state index contributed by atoms with van der Waals surface area (Å²) in [4.78, 5) is 0. The fourth-order valence-corrected chi connectivity index (χ4v) is 1.94. The molecule has 1 heteroatoms. The van der Waals surface area contributed by atoms with Crippen molar-refractivity contribution in [2.75, 3.05) is 0 Å². The summed E-state index contributed by atoms with van der Waals surface area (Å²) in [6.45, 7) is 2.26. The highest BCUT2D eigenvalue weighted by molar-refractivity contribution is 6.30. The van der Waals surface area contributed by atoms with Crippen LogP contribution in [-0.2, 0) is 0 Å². The Hall–Kier alpha value is -0.490. The van der Waals surface area contributed by atoms with Crippen LogP contribution < -0.4 is 0 Å². The van der Waals surface area contributed by atoms with E-state index in [1.54, 1.807) is 0 Å². The third kappa shape index (κ3) is 1.49. The molecule has 0 nitrogen and oxygen atoms in total. The van der Waals surface area contributed by atoms with E-state index in [-0.39, 0.29) is 0 Å². The molecule has 1 aromatic carbocycles. The van der Waals surface area contributed by atoms with Gasteiger partial charge in [-0.2, -0.15) is 0 Å². The Kier molecular flexibility index (Phi) is 2.10. The van der Waals surface area contributed by atoms with Crippen LogP contribution in [0.5, 0.6) is 0 Å². The first kappa shape index (κ1) is 8.12. The lowest BCUT2D eigenvalue weighted by Gasteiger charge is -1.98. The molecule has 0 aromatic heterocycles. The number of hydrogen-bond acceptors (Lipinski definition) is 0. The van der Waals surface area contributed by atoms with Gasteiger partial charge in [0.05, 0.1) is 0 Å². The molecule has 0 aliphatic heterocycles. The second-order valence-electron chi connectivity index (χ2n) is 3.56. The van der Waals surface area contributed by atoms with E-state index in [4.69, 9.17) is 11.6 Å². The molecule has 64 valence electrons. The zero-order chi connectivity index (χ0) is 8.55. The molecular weight excluding hydrogens is 168 g/mol. The van der Waals surface area contributed by atoms with Crippen molar-refractivity contribution in [3.8, 4) is 0 Å². The van der Waals surface area contributed by atoms with Crippen LogP contribution in [-0.4, -0.2) is 0 Å². The van der Waals surface area contributed by atoms with Crippen molar-refractivity contribution in [3.63, 3.8) is 0 Å². The van der Waals surface area contributed by atoms with Crippen molar-refractivity contribution in [2.45, 2.75) is 25.7 Å². The molecule has 1 aliphatic rings. The van der Waals surface area contributed by atoms with Crippen molar-refractivity contribution >= 4 is 11.6 Å². The van der Waals surface area contributed by atoms with Crippen molar-refractivity contribution in [1.82, 2.24) is 0 Å². The molecule has 1 saturated carbocycles. The molecule has 0 N–H and O–H groups in total. The highest BCUT2D eigenvalue weighted by Gasteiger charge is 2.36. The van der Waals surface area contributed by atoms with E-state index in [1.807, 2.05) is 12.1 Å². The van der Waals surface area contributed by atoms with Gasteiger partial charge >= 0.3 is 0 Å². The van der Waals surface area contributed by atoms with Gasteiger partial charge in [0.15, 0.2) is 0 Å². The van der Waals surface area contributed by atoms with Crippen molar-refractivity contribution in [2.24, 2.45) is 5.92 Å². The molecule has 1 aromatic rings. The third-order valence-corrected chi connectivity index (χ3v) is 3.00. The zero-order valence-corrected chi connectivity index (χ0v) is 8.01. The molecule has 2 rings (SSSR count). The van der Waals surface area contributed by atoms with Gasteiger partial charge in [0, 0.05) is 5.02 Å². The van der Waals surface area contributed by atoms with Crippen LogP contribution in [0, 0.1) is 5.92 Å². The van der Waals surface area contributed by atoms with Crippen LogP contribution in [0.1, 0.15) is 31.2 Å². The third-order valence-electron chi connectivity index (χ3n) is 2.75. The summed E-state index contributed by atoms with van der Waals surface area (Å²) >= 11 is 5.81. The summed E-state index contributed by atoms with van der Waals surface area (Å²) in [5, 5.41) is 0.840. The fourth-order valence-electron chi connectivity index (χ4n) is 1.82. The van der Waals surface area contributed by atoms with Crippen LogP contribution in [0.15, 0.2) is 24.3 Å². The number of rotatable bonds is 2. The Balaban J connectivity index is 2.10. The Labute approximate surface area is 78.6 Å². The molecule has 0 bridgehead atoms. The van der Waals surface area contributed by atoms with Gasteiger partial charge in [0.1, 0.15) is 0 Å². The lowest BCUT2D eigenvalue weighted by Crippen LogP contribution is -1.81. The summed E-state index contributed by atoms with van der Waals surface area (Å²) in [6, 6.07) is 8.29. The Morgan fingerprint density at radius 3 is 2.50 bits per heavy atom. The van der Waals surface area contributed by atoms with E-state index in [2.05, 4.69) is 19.1 Å². The van der Waals surface area contributed by atoms with Gasteiger partial charge in [0.25, 0.3) is 0 Å². The molecule has 2 atom stereocenters. The molecule has 0 heterocycles. The van der Waals surface area contributed by atoms with E-state index in [0.717, 1.165) is 16.9 Å². The smallest absolute Gasteiger partial charge is 0.0406 e. The monoisotopic (exact) mass is 180 g/mol. The van der Waals surface area contributed by atoms with Gasteiger partial charge < -0.3 is 0 Å². The van der Waals surface area contributed by atoms with E-state index in [0.29, 0.717) is 0 Å².